The van der Waals surface area contributed by atoms with E-state index in [9.17, 15) is 0 Å². The Morgan fingerprint density at radius 1 is 1.24 bits per heavy atom. The van der Waals surface area contributed by atoms with Crippen LogP contribution in [-0.2, 0) is 11.3 Å². The van der Waals surface area contributed by atoms with Crippen LogP contribution in [0.4, 0.5) is 0 Å². The fourth-order valence-electron chi connectivity index (χ4n) is 2.12. The van der Waals surface area contributed by atoms with E-state index in [0.29, 0.717) is 30.6 Å². The molecule has 2 aromatic heterocycles. The Kier molecular flexibility index (Phi) is 3.89. The monoisotopic (exact) mass is 284 g/mol. The van der Waals surface area contributed by atoms with Crippen molar-refractivity contribution in [2.24, 2.45) is 5.73 Å². The molecule has 0 radical (unpaired) electrons. The third-order valence-electron chi connectivity index (χ3n) is 3.11. The van der Waals surface area contributed by atoms with Gasteiger partial charge in [0.25, 0.3) is 5.89 Å². The lowest BCUT2D eigenvalue weighted by molar-refractivity contribution is 0.104. The highest BCUT2D eigenvalue weighted by molar-refractivity contribution is 5.84. The van der Waals surface area contributed by atoms with Crippen molar-refractivity contribution in [2.45, 2.75) is 13.5 Å². The highest BCUT2D eigenvalue weighted by Crippen LogP contribution is 2.22. The summed E-state index contributed by atoms with van der Waals surface area (Å²) in [5.74, 6) is 0.890. The molecule has 0 saturated carbocycles. The number of rotatable bonds is 5. The Morgan fingerprint density at radius 3 is 2.95 bits per heavy atom. The van der Waals surface area contributed by atoms with Crippen LogP contribution in [0.5, 0.6) is 0 Å². The standard InChI is InChI=1S/C15H16N4O2/c1-10-8-13(17-12-5-3-2-4-11(10)12)15-18-14(21-19-15)9-20-7-6-16/h2-5,8H,6-7,9,16H2,1H3. The van der Waals surface area contributed by atoms with Crippen LogP contribution in [0.3, 0.4) is 0 Å². The molecule has 2 heterocycles. The minimum absolute atomic E-state index is 0.261. The second-order valence-corrected chi connectivity index (χ2v) is 4.69. The van der Waals surface area contributed by atoms with Crippen LogP contribution >= 0.6 is 0 Å². The van der Waals surface area contributed by atoms with Gasteiger partial charge in [0.05, 0.1) is 12.1 Å². The Balaban J connectivity index is 1.90. The molecule has 0 fully saturated rings. The van der Waals surface area contributed by atoms with Gasteiger partial charge in [-0.3, -0.25) is 0 Å². The first-order valence-corrected chi connectivity index (χ1v) is 6.75. The van der Waals surface area contributed by atoms with Crippen molar-refractivity contribution in [3.8, 4) is 11.5 Å². The summed E-state index contributed by atoms with van der Waals surface area (Å²) < 4.78 is 10.4. The summed E-state index contributed by atoms with van der Waals surface area (Å²) >= 11 is 0. The van der Waals surface area contributed by atoms with Crippen molar-refractivity contribution in [1.29, 1.82) is 0 Å². The van der Waals surface area contributed by atoms with E-state index in [0.717, 1.165) is 16.5 Å². The number of benzene rings is 1. The van der Waals surface area contributed by atoms with Gasteiger partial charge in [-0.15, -0.1) is 0 Å². The molecule has 6 nitrogen and oxygen atoms in total. The molecule has 2 N–H and O–H groups in total. The van der Waals surface area contributed by atoms with E-state index in [4.69, 9.17) is 15.0 Å². The molecule has 0 atom stereocenters. The first-order valence-electron chi connectivity index (χ1n) is 6.75. The molecular weight excluding hydrogens is 268 g/mol. The van der Waals surface area contributed by atoms with E-state index in [1.54, 1.807) is 0 Å². The molecule has 0 aliphatic rings. The number of aromatic nitrogens is 3. The van der Waals surface area contributed by atoms with Crippen molar-refractivity contribution < 1.29 is 9.26 Å². The van der Waals surface area contributed by atoms with E-state index in [-0.39, 0.29) is 6.61 Å². The van der Waals surface area contributed by atoms with E-state index >= 15 is 0 Å². The molecule has 0 saturated heterocycles. The summed E-state index contributed by atoms with van der Waals surface area (Å²) in [5, 5.41) is 5.07. The second kappa shape index (κ2) is 5.99. The smallest absolute Gasteiger partial charge is 0.253 e. The molecule has 1 aromatic carbocycles. The lowest BCUT2D eigenvalue weighted by Gasteiger charge is -2.03. The molecule has 0 spiro atoms. The Bertz CT molecular complexity index is 754. The highest BCUT2D eigenvalue weighted by Gasteiger charge is 2.11. The number of para-hydroxylation sites is 1. The Hall–Kier alpha value is -2.31. The SMILES string of the molecule is Cc1cc(-c2noc(COCCN)n2)nc2ccccc12. The van der Waals surface area contributed by atoms with Crippen LogP contribution in [0.2, 0.25) is 0 Å². The minimum atomic E-state index is 0.261. The molecule has 0 bridgehead atoms. The van der Waals surface area contributed by atoms with Gasteiger partial charge in [0.1, 0.15) is 12.3 Å². The van der Waals surface area contributed by atoms with Gasteiger partial charge in [-0.2, -0.15) is 4.98 Å². The quantitative estimate of drug-likeness (QED) is 0.722. The summed E-state index contributed by atoms with van der Waals surface area (Å²) in [7, 11) is 0. The van der Waals surface area contributed by atoms with Crippen molar-refractivity contribution in [1.82, 2.24) is 15.1 Å². The van der Waals surface area contributed by atoms with E-state index < -0.39 is 0 Å². The largest absolute Gasteiger partial charge is 0.370 e. The fraction of sp³-hybridized carbons (Fsp3) is 0.267. The summed E-state index contributed by atoms with van der Waals surface area (Å²) in [5.41, 5.74) is 8.09. The number of nitrogens with two attached hydrogens (primary N) is 1. The Morgan fingerprint density at radius 2 is 2.10 bits per heavy atom. The summed E-state index contributed by atoms with van der Waals surface area (Å²) in [6, 6.07) is 9.93. The molecule has 6 heteroatoms. The van der Waals surface area contributed by atoms with Gasteiger partial charge in [-0.25, -0.2) is 4.98 Å². The molecule has 0 aliphatic carbocycles. The number of ether oxygens (including phenoxy) is 1. The molecule has 108 valence electrons. The molecule has 0 unspecified atom stereocenters. The van der Waals surface area contributed by atoms with Crippen LogP contribution in [0.1, 0.15) is 11.5 Å². The fourth-order valence-corrected chi connectivity index (χ4v) is 2.12. The zero-order valence-corrected chi connectivity index (χ0v) is 11.7. The molecular formula is C15H16N4O2. The number of hydrogen-bond acceptors (Lipinski definition) is 6. The van der Waals surface area contributed by atoms with E-state index in [2.05, 4.69) is 15.1 Å². The minimum Gasteiger partial charge on any atom is -0.370 e. The van der Waals surface area contributed by atoms with Gasteiger partial charge < -0.3 is 15.0 Å². The number of nitrogens with zero attached hydrogens (tertiary/aromatic N) is 3. The predicted octanol–water partition coefficient (Wildman–Crippen LogP) is 2.07. The maximum absolute atomic E-state index is 5.36. The molecule has 0 amide bonds. The van der Waals surface area contributed by atoms with Crippen molar-refractivity contribution in [3.63, 3.8) is 0 Å². The van der Waals surface area contributed by atoms with Crippen LogP contribution in [-0.4, -0.2) is 28.3 Å². The lowest BCUT2D eigenvalue weighted by atomic mass is 10.1. The first-order chi connectivity index (χ1) is 10.3. The van der Waals surface area contributed by atoms with Crippen molar-refractivity contribution >= 4 is 10.9 Å². The number of fused-ring (bicyclic) bond motifs is 1. The zero-order chi connectivity index (χ0) is 14.7. The molecule has 3 rings (SSSR count). The zero-order valence-electron chi connectivity index (χ0n) is 11.7. The van der Waals surface area contributed by atoms with Crippen LogP contribution in [0, 0.1) is 6.92 Å². The molecule has 21 heavy (non-hydrogen) atoms. The third kappa shape index (κ3) is 2.91. The summed E-state index contributed by atoms with van der Waals surface area (Å²) in [4.78, 5) is 8.86. The Labute approximate surface area is 121 Å². The summed E-state index contributed by atoms with van der Waals surface area (Å²) in [6.45, 7) is 3.23. The maximum atomic E-state index is 5.36. The molecule has 3 aromatic rings. The normalized spacial score (nSPS) is 11.1. The predicted molar refractivity (Wildman–Crippen MR) is 78.5 cm³/mol. The highest BCUT2D eigenvalue weighted by atomic mass is 16.5. The average Bonchev–Trinajstić information content (AvgIpc) is 2.96. The van der Waals surface area contributed by atoms with Gasteiger partial charge in [0.15, 0.2) is 0 Å². The number of aryl methyl sites for hydroxylation is 1. The van der Waals surface area contributed by atoms with Crippen molar-refractivity contribution in [2.75, 3.05) is 13.2 Å². The average molecular weight is 284 g/mol. The van der Waals surface area contributed by atoms with Crippen LogP contribution in [0.15, 0.2) is 34.9 Å². The lowest BCUT2D eigenvalue weighted by Crippen LogP contribution is -2.08. The maximum Gasteiger partial charge on any atom is 0.253 e. The van der Waals surface area contributed by atoms with Crippen molar-refractivity contribution in [3.05, 3.63) is 41.8 Å². The number of pyridine rings is 1. The first kappa shape index (κ1) is 13.7. The molecule has 0 aliphatic heterocycles. The van der Waals surface area contributed by atoms with E-state index in [1.165, 1.54) is 0 Å². The van der Waals surface area contributed by atoms with Gasteiger partial charge in [-0.05, 0) is 24.6 Å². The van der Waals surface area contributed by atoms with E-state index in [1.807, 2.05) is 37.3 Å². The second-order valence-electron chi connectivity index (χ2n) is 4.69. The third-order valence-corrected chi connectivity index (χ3v) is 3.11. The van der Waals surface area contributed by atoms with Crippen LogP contribution in [0.25, 0.3) is 22.4 Å². The van der Waals surface area contributed by atoms with Gasteiger partial charge in [0, 0.05) is 11.9 Å². The van der Waals surface area contributed by atoms with Gasteiger partial charge in [0.2, 0.25) is 5.82 Å². The topological polar surface area (TPSA) is 87.1 Å². The van der Waals surface area contributed by atoms with Gasteiger partial charge >= 0.3 is 0 Å². The van der Waals surface area contributed by atoms with Gasteiger partial charge in [-0.1, -0.05) is 23.4 Å². The summed E-state index contributed by atoms with van der Waals surface area (Å²) in [6.07, 6.45) is 0. The number of hydrogen-bond donors (Lipinski definition) is 1. The van der Waals surface area contributed by atoms with Crippen LogP contribution < -0.4 is 5.73 Å².